The molecule has 1 aromatic rings. The minimum Gasteiger partial charge on any atom is -0.319 e. The van der Waals surface area contributed by atoms with E-state index in [9.17, 15) is 0 Å². The Bertz CT molecular complexity index is 371. The van der Waals surface area contributed by atoms with Crippen molar-refractivity contribution in [3.05, 3.63) is 22.8 Å². The van der Waals surface area contributed by atoms with Crippen LogP contribution in [-0.4, -0.2) is 23.6 Å². The van der Waals surface area contributed by atoms with Crippen LogP contribution in [0.1, 0.15) is 42.5 Å². The molecule has 2 rings (SSSR count). The molecule has 1 saturated carbocycles. The second kappa shape index (κ2) is 4.13. The van der Waals surface area contributed by atoms with Gasteiger partial charge in [-0.05, 0) is 52.3 Å². The average Bonchev–Trinajstić information content (AvgIpc) is 2.96. The van der Waals surface area contributed by atoms with Gasteiger partial charge in [0.1, 0.15) is 5.82 Å². The third kappa shape index (κ3) is 2.09. The summed E-state index contributed by atoms with van der Waals surface area (Å²) in [6.45, 7) is 7.46. The van der Waals surface area contributed by atoms with Crippen molar-refractivity contribution in [3.8, 4) is 0 Å². The third-order valence-corrected chi connectivity index (χ3v) is 3.59. The van der Waals surface area contributed by atoms with Gasteiger partial charge in [0.05, 0.1) is 0 Å². The minimum absolute atomic E-state index is 0.275. The number of aromatic nitrogens is 2. The molecule has 0 aromatic carbocycles. The van der Waals surface area contributed by atoms with Crippen LogP contribution >= 0.6 is 0 Å². The summed E-state index contributed by atoms with van der Waals surface area (Å²) in [4.78, 5) is 9.36. The van der Waals surface area contributed by atoms with Crippen molar-refractivity contribution in [2.24, 2.45) is 0 Å². The van der Waals surface area contributed by atoms with Gasteiger partial charge in [-0.15, -0.1) is 0 Å². The highest BCUT2D eigenvalue weighted by atomic mass is 14.9. The minimum atomic E-state index is 0.275. The van der Waals surface area contributed by atoms with Gasteiger partial charge in [0.2, 0.25) is 0 Å². The summed E-state index contributed by atoms with van der Waals surface area (Å²) in [5, 5.41) is 3.17. The summed E-state index contributed by atoms with van der Waals surface area (Å²) in [5.74, 6) is 1.05. The van der Waals surface area contributed by atoms with Crippen molar-refractivity contribution in [3.63, 3.8) is 0 Å². The number of likely N-dealkylation sites (N-methyl/N-ethyl adjacent to an activating group) is 1. The van der Waals surface area contributed by atoms with Crippen LogP contribution in [0.25, 0.3) is 0 Å². The van der Waals surface area contributed by atoms with Gasteiger partial charge in [-0.25, -0.2) is 9.97 Å². The Morgan fingerprint density at radius 1 is 1.19 bits per heavy atom. The molecule has 1 heterocycles. The molecule has 1 fully saturated rings. The van der Waals surface area contributed by atoms with Gasteiger partial charge in [-0.3, -0.25) is 0 Å². The zero-order valence-electron chi connectivity index (χ0n) is 10.7. The highest BCUT2D eigenvalue weighted by molar-refractivity contribution is 5.28. The molecule has 0 bridgehead atoms. The molecule has 1 aliphatic rings. The Balaban J connectivity index is 2.28. The Morgan fingerprint density at radius 3 is 2.19 bits per heavy atom. The summed E-state index contributed by atoms with van der Waals surface area (Å²) in [5.41, 5.74) is 3.90. The molecule has 0 radical (unpaired) electrons. The van der Waals surface area contributed by atoms with Crippen LogP contribution in [0, 0.1) is 13.8 Å². The molecule has 0 amide bonds. The van der Waals surface area contributed by atoms with Gasteiger partial charge < -0.3 is 5.32 Å². The SMILES string of the molecule is CNCCc1c(C)nc(C2(C)CC2)nc1C. The first kappa shape index (κ1) is 11.5. The van der Waals surface area contributed by atoms with Crippen molar-refractivity contribution >= 4 is 0 Å². The molecule has 88 valence electrons. The Morgan fingerprint density at radius 2 is 1.75 bits per heavy atom. The van der Waals surface area contributed by atoms with Gasteiger partial charge in [0.15, 0.2) is 0 Å². The lowest BCUT2D eigenvalue weighted by Gasteiger charge is -2.13. The van der Waals surface area contributed by atoms with E-state index in [4.69, 9.17) is 0 Å². The number of aryl methyl sites for hydroxylation is 2. The average molecular weight is 219 g/mol. The van der Waals surface area contributed by atoms with Crippen molar-refractivity contribution in [2.45, 2.75) is 45.4 Å². The van der Waals surface area contributed by atoms with Crippen LogP contribution < -0.4 is 5.32 Å². The second-order valence-corrected chi connectivity index (χ2v) is 5.11. The molecule has 1 N–H and O–H groups in total. The zero-order valence-corrected chi connectivity index (χ0v) is 10.7. The van der Waals surface area contributed by atoms with Crippen LogP contribution in [0.15, 0.2) is 0 Å². The summed E-state index contributed by atoms with van der Waals surface area (Å²) >= 11 is 0. The van der Waals surface area contributed by atoms with Crippen LogP contribution in [0.4, 0.5) is 0 Å². The zero-order chi connectivity index (χ0) is 11.8. The van der Waals surface area contributed by atoms with Crippen LogP contribution in [0.2, 0.25) is 0 Å². The third-order valence-electron chi connectivity index (χ3n) is 3.59. The van der Waals surface area contributed by atoms with E-state index in [0.29, 0.717) is 0 Å². The van der Waals surface area contributed by atoms with E-state index in [1.54, 1.807) is 0 Å². The highest BCUT2D eigenvalue weighted by Crippen LogP contribution is 2.46. The lowest BCUT2D eigenvalue weighted by molar-refractivity contribution is 0.684. The monoisotopic (exact) mass is 219 g/mol. The van der Waals surface area contributed by atoms with Gasteiger partial charge in [0, 0.05) is 16.8 Å². The van der Waals surface area contributed by atoms with Crippen LogP contribution in [-0.2, 0) is 11.8 Å². The molecule has 0 unspecified atom stereocenters. The highest BCUT2D eigenvalue weighted by Gasteiger charge is 2.42. The second-order valence-electron chi connectivity index (χ2n) is 5.11. The molecule has 3 heteroatoms. The van der Waals surface area contributed by atoms with Gasteiger partial charge >= 0.3 is 0 Å². The maximum Gasteiger partial charge on any atom is 0.134 e. The lowest BCUT2D eigenvalue weighted by Crippen LogP contribution is -2.16. The van der Waals surface area contributed by atoms with Gasteiger partial charge in [-0.1, -0.05) is 6.92 Å². The number of rotatable bonds is 4. The number of hydrogen-bond acceptors (Lipinski definition) is 3. The number of nitrogens with zero attached hydrogens (tertiary/aromatic N) is 2. The molecule has 0 spiro atoms. The Hall–Kier alpha value is -0.960. The topological polar surface area (TPSA) is 37.8 Å². The Kier molecular flexibility index (Phi) is 2.98. The fraction of sp³-hybridized carbons (Fsp3) is 0.692. The molecular formula is C13H21N3. The summed E-state index contributed by atoms with van der Waals surface area (Å²) in [6, 6.07) is 0. The van der Waals surface area contributed by atoms with E-state index < -0.39 is 0 Å². The van der Waals surface area contributed by atoms with Gasteiger partial charge in [-0.2, -0.15) is 0 Å². The Labute approximate surface area is 97.7 Å². The van der Waals surface area contributed by atoms with Gasteiger partial charge in [0.25, 0.3) is 0 Å². The molecule has 1 aromatic heterocycles. The van der Waals surface area contributed by atoms with E-state index in [1.807, 2.05) is 7.05 Å². The summed E-state index contributed by atoms with van der Waals surface area (Å²) in [6.07, 6.45) is 3.49. The van der Waals surface area contributed by atoms with Crippen molar-refractivity contribution in [1.82, 2.24) is 15.3 Å². The fourth-order valence-corrected chi connectivity index (χ4v) is 2.03. The van der Waals surface area contributed by atoms with E-state index >= 15 is 0 Å². The van der Waals surface area contributed by atoms with Crippen molar-refractivity contribution in [2.75, 3.05) is 13.6 Å². The molecule has 0 aliphatic heterocycles. The van der Waals surface area contributed by atoms with Crippen molar-refractivity contribution < 1.29 is 0 Å². The summed E-state index contributed by atoms with van der Waals surface area (Å²) in [7, 11) is 1.98. The fourth-order valence-electron chi connectivity index (χ4n) is 2.03. The summed E-state index contributed by atoms with van der Waals surface area (Å²) < 4.78 is 0. The smallest absolute Gasteiger partial charge is 0.134 e. The van der Waals surface area contributed by atoms with E-state index in [-0.39, 0.29) is 5.41 Å². The first-order valence-electron chi connectivity index (χ1n) is 6.06. The molecule has 3 nitrogen and oxygen atoms in total. The normalized spacial score (nSPS) is 17.5. The first-order valence-corrected chi connectivity index (χ1v) is 6.06. The van der Waals surface area contributed by atoms with Crippen molar-refractivity contribution in [1.29, 1.82) is 0 Å². The van der Waals surface area contributed by atoms with E-state index in [1.165, 1.54) is 18.4 Å². The predicted molar refractivity (Wildman–Crippen MR) is 65.7 cm³/mol. The number of nitrogens with one attached hydrogen (secondary N) is 1. The maximum absolute atomic E-state index is 4.68. The van der Waals surface area contributed by atoms with Crippen LogP contribution in [0.3, 0.4) is 0 Å². The maximum atomic E-state index is 4.68. The largest absolute Gasteiger partial charge is 0.319 e. The standard InChI is InChI=1S/C13H21N3/c1-9-11(5-8-14-4)10(2)16-12(15-9)13(3)6-7-13/h14H,5-8H2,1-4H3. The predicted octanol–water partition coefficient (Wildman–Crippen LogP) is 1.91. The molecule has 0 saturated heterocycles. The van der Waals surface area contributed by atoms with Crippen LogP contribution in [0.5, 0.6) is 0 Å². The quantitative estimate of drug-likeness (QED) is 0.840. The molecular weight excluding hydrogens is 198 g/mol. The first-order chi connectivity index (χ1) is 7.57. The molecule has 16 heavy (non-hydrogen) atoms. The lowest BCUT2D eigenvalue weighted by atomic mass is 10.1. The van der Waals surface area contributed by atoms with E-state index in [2.05, 4.69) is 36.1 Å². The number of hydrogen-bond donors (Lipinski definition) is 1. The van der Waals surface area contributed by atoms with E-state index in [0.717, 1.165) is 30.2 Å². The molecule has 1 aliphatic carbocycles. The molecule has 0 atom stereocenters.